The van der Waals surface area contributed by atoms with Crippen molar-refractivity contribution >= 4 is 5.91 Å². The fourth-order valence-electron chi connectivity index (χ4n) is 3.78. The number of rotatable bonds is 3. The minimum Gasteiger partial charge on any atom is -0.341 e. The van der Waals surface area contributed by atoms with E-state index in [1.807, 2.05) is 4.90 Å². The molecule has 1 amide bonds. The van der Waals surface area contributed by atoms with Crippen LogP contribution in [0.5, 0.6) is 0 Å². The maximum Gasteiger partial charge on any atom is 0.244 e. The molecule has 3 rings (SSSR count). The maximum absolute atomic E-state index is 12.2. The van der Waals surface area contributed by atoms with Crippen molar-refractivity contribution in [2.75, 3.05) is 26.7 Å². The topological polar surface area (TPSA) is 54.3 Å². The summed E-state index contributed by atoms with van der Waals surface area (Å²) in [6.07, 6.45) is 9.37. The van der Waals surface area contributed by atoms with Crippen molar-refractivity contribution in [2.24, 2.45) is 5.92 Å². The zero-order valence-electron chi connectivity index (χ0n) is 12.8. The van der Waals surface area contributed by atoms with E-state index in [-0.39, 0.29) is 5.91 Å². The molecular formula is C15H25N5O. The smallest absolute Gasteiger partial charge is 0.244 e. The fourth-order valence-corrected chi connectivity index (χ4v) is 3.78. The first-order valence-corrected chi connectivity index (χ1v) is 8.04. The van der Waals surface area contributed by atoms with Crippen molar-refractivity contribution < 1.29 is 4.79 Å². The van der Waals surface area contributed by atoms with E-state index in [0.717, 1.165) is 37.9 Å². The van der Waals surface area contributed by atoms with Gasteiger partial charge in [-0.15, -0.1) is 0 Å². The molecule has 2 saturated heterocycles. The lowest BCUT2D eigenvalue weighted by atomic mass is 9.84. The van der Waals surface area contributed by atoms with Gasteiger partial charge in [0.25, 0.3) is 0 Å². The van der Waals surface area contributed by atoms with E-state index in [4.69, 9.17) is 0 Å². The van der Waals surface area contributed by atoms with Crippen molar-refractivity contribution in [3.8, 4) is 0 Å². The van der Waals surface area contributed by atoms with Crippen LogP contribution in [-0.4, -0.2) is 63.2 Å². The van der Waals surface area contributed by atoms with E-state index in [1.54, 1.807) is 11.0 Å². The molecule has 6 nitrogen and oxygen atoms in total. The number of carbonyl (C=O) groups is 1. The maximum atomic E-state index is 12.2. The molecule has 1 aromatic rings. The molecule has 1 aromatic heterocycles. The zero-order chi connectivity index (χ0) is 14.7. The number of likely N-dealkylation sites (tertiary alicyclic amines) is 2. The van der Waals surface area contributed by atoms with Gasteiger partial charge in [-0.1, -0.05) is 6.42 Å². The van der Waals surface area contributed by atoms with Crippen molar-refractivity contribution in [1.29, 1.82) is 0 Å². The van der Waals surface area contributed by atoms with Gasteiger partial charge in [0.2, 0.25) is 5.91 Å². The predicted octanol–water partition coefficient (Wildman–Crippen LogP) is 1.00. The molecular weight excluding hydrogens is 266 g/mol. The molecule has 0 spiro atoms. The highest BCUT2D eigenvalue weighted by atomic mass is 16.2. The van der Waals surface area contributed by atoms with E-state index in [2.05, 4.69) is 22.0 Å². The van der Waals surface area contributed by atoms with Gasteiger partial charge in [-0.2, -0.15) is 5.10 Å². The third-order valence-corrected chi connectivity index (χ3v) is 5.03. The summed E-state index contributed by atoms with van der Waals surface area (Å²) in [6, 6.07) is 0.728. The number of nitrogens with zero attached hydrogens (tertiary/aromatic N) is 5. The Kier molecular flexibility index (Phi) is 4.53. The minimum absolute atomic E-state index is 0.163. The highest BCUT2D eigenvalue weighted by Crippen LogP contribution is 2.29. The van der Waals surface area contributed by atoms with Gasteiger partial charge in [-0.3, -0.25) is 4.79 Å². The highest BCUT2D eigenvalue weighted by molar-refractivity contribution is 5.75. The Bertz CT molecular complexity index is 453. The molecule has 0 N–H and O–H groups in total. The molecule has 21 heavy (non-hydrogen) atoms. The summed E-state index contributed by atoms with van der Waals surface area (Å²) >= 11 is 0. The summed E-state index contributed by atoms with van der Waals surface area (Å²) < 4.78 is 1.60. The Morgan fingerprint density at radius 1 is 1.19 bits per heavy atom. The molecule has 2 aliphatic rings. The number of carbonyl (C=O) groups excluding carboxylic acids is 1. The Labute approximate surface area is 126 Å². The van der Waals surface area contributed by atoms with E-state index in [9.17, 15) is 4.79 Å². The normalized spacial score (nSPS) is 25.2. The Morgan fingerprint density at radius 3 is 2.67 bits per heavy atom. The van der Waals surface area contributed by atoms with Gasteiger partial charge in [-0.05, 0) is 45.2 Å². The predicted molar refractivity (Wildman–Crippen MR) is 79.6 cm³/mol. The summed E-state index contributed by atoms with van der Waals surface area (Å²) in [5.41, 5.74) is 0. The van der Waals surface area contributed by atoms with Crippen molar-refractivity contribution in [3.63, 3.8) is 0 Å². The lowest BCUT2D eigenvalue weighted by Crippen LogP contribution is -2.47. The molecule has 0 unspecified atom stereocenters. The molecule has 0 radical (unpaired) electrons. The molecule has 0 saturated carbocycles. The number of amides is 1. The van der Waals surface area contributed by atoms with Gasteiger partial charge < -0.3 is 9.80 Å². The first-order chi connectivity index (χ1) is 10.2. The van der Waals surface area contributed by atoms with Crippen LogP contribution in [0, 0.1) is 5.92 Å². The third kappa shape index (κ3) is 3.43. The molecule has 116 valence electrons. The van der Waals surface area contributed by atoms with Crippen LogP contribution in [0.15, 0.2) is 12.7 Å². The summed E-state index contributed by atoms with van der Waals surface area (Å²) in [4.78, 5) is 20.6. The van der Waals surface area contributed by atoms with E-state index >= 15 is 0 Å². The van der Waals surface area contributed by atoms with E-state index in [0.29, 0.717) is 6.54 Å². The molecule has 0 aliphatic carbocycles. The Balaban J connectivity index is 1.49. The number of hydrogen-bond acceptors (Lipinski definition) is 4. The van der Waals surface area contributed by atoms with Gasteiger partial charge in [0.15, 0.2) is 0 Å². The van der Waals surface area contributed by atoms with E-state index < -0.39 is 0 Å². The van der Waals surface area contributed by atoms with Crippen molar-refractivity contribution in [3.05, 3.63) is 12.7 Å². The third-order valence-electron chi connectivity index (χ3n) is 5.03. The average molecular weight is 291 g/mol. The summed E-state index contributed by atoms with van der Waals surface area (Å²) in [6.45, 7) is 3.33. The lowest BCUT2D eigenvalue weighted by Gasteiger charge is -2.42. The van der Waals surface area contributed by atoms with Gasteiger partial charge in [-0.25, -0.2) is 9.67 Å². The molecule has 3 heterocycles. The number of hydrogen-bond donors (Lipinski definition) is 0. The van der Waals surface area contributed by atoms with Crippen LogP contribution >= 0.6 is 0 Å². The second kappa shape index (κ2) is 6.56. The SMILES string of the molecule is CN1CCCC[C@@H]1C1CCN(C(=O)Cn2cncn2)CC1. The van der Waals surface area contributed by atoms with Crippen LogP contribution in [0.2, 0.25) is 0 Å². The van der Waals surface area contributed by atoms with Crippen LogP contribution in [0.25, 0.3) is 0 Å². The van der Waals surface area contributed by atoms with Crippen molar-refractivity contribution in [1.82, 2.24) is 24.6 Å². The average Bonchev–Trinajstić information content (AvgIpc) is 3.01. The molecule has 2 fully saturated rings. The molecule has 0 bridgehead atoms. The highest BCUT2D eigenvalue weighted by Gasteiger charge is 2.31. The van der Waals surface area contributed by atoms with Gasteiger partial charge in [0.1, 0.15) is 19.2 Å². The Morgan fingerprint density at radius 2 is 2.00 bits per heavy atom. The fraction of sp³-hybridized carbons (Fsp3) is 0.800. The Hall–Kier alpha value is -1.43. The van der Waals surface area contributed by atoms with Gasteiger partial charge >= 0.3 is 0 Å². The van der Waals surface area contributed by atoms with Crippen LogP contribution in [0.3, 0.4) is 0 Å². The summed E-state index contributed by atoms with van der Waals surface area (Å²) in [5.74, 6) is 0.918. The number of piperidine rings is 2. The molecule has 2 aliphatic heterocycles. The largest absolute Gasteiger partial charge is 0.341 e. The molecule has 0 aromatic carbocycles. The first-order valence-electron chi connectivity index (χ1n) is 8.04. The first kappa shape index (κ1) is 14.5. The molecule has 1 atom stereocenters. The molecule has 6 heteroatoms. The summed E-state index contributed by atoms with van der Waals surface area (Å²) in [7, 11) is 2.26. The second-order valence-electron chi connectivity index (χ2n) is 6.36. The quantitative estimate of drug-likeness (QED) is 0.834. The number of aromatic nitrogens is 3. The summed E-state index contributed by atoms with van der Waals surface area (Å²) in [5, 5.41) is 4.00. The minimum atomic E-state index is 0.163. The van der Waals surface area contributed by atoms with E-state index in [1.165, 1.54) is 32.1 Å². The van der Waals surface area contributed by atoms with Crippen LogP contribution in [-0.2, 0) is 11.3 Å². The van der Waals surface area contributed by atoms with Gasteiger partial charge in [0, 0.05) is 19.1 Å². The second-order valence-corrected chi connectivity index (χ2v) is 6.36. The zero-order valence-corrected chi connectivity index (χ0v) is 12.8. The van der Waals surface area contributed by atoms with Crippen molar-refractivity contribution in [2.45, 2.75) is 44.7 Å². The van der Waals surface area contributed by atoms with Crippen LogP contribution in [0.4, 0.5) is 0 Å². The van der Waals surface area contributed by atoms with Gasteiger partial charge in [0.05, 0.1) is 0 Å². The van der Waals surface area contributed by atoms with Crippen LogP contribution in [0.1, 0.15) is 32.1 Å². The standard InChI is InChI=1S/C15H25N5O/c1-18-7-3-2-4-14(18)13-5-8-19(9-6-13)15(21)10-20-12-16-11-17-20/h11-14H,2-10H2,1H3/t14-/m1/s1. The van der Waals surface area contributed by atoms with Crippen LogP contribution < -0.4 is 0 Å². The lowest BCUT2D eigenvalue weighted by molar-refractivity contribution is -0.133. The monoisotopic (exact) mass is 291 g/mol.